The number of rotatable bonds is 6. The molecule has 2 aromatic rings. The molecule has 0 aliphatic carbocycles. The molecular formula is C17H22N2O3. The zero-order valence-corrected chi connectivity index (χ0v) is 13.2. The van der Waals surface area contributed by atoms with Gasteiger partial charge in [-0.1, -0.05) is 18.2 Å². The number of aryl methyl sites for hydroxylation is 2. The molecule has 0 spiro atoms. The van der Waals surface area contributed by atoms with Gasteiger partial charge in [0.05, 0.1) is 18.2 Å². The maximum absolute atomic E-state index is 12.1. The summed E-state index contributed by atoms with van der Waals surface area (Å²) in [5.41, 5.74) is 8.10. The van der Waals surface area contributed by atoms with Crippen LogP contribution >= 0.6 is 0 Å². The maximum atomic E-state index is 12.1. The fourth-order valence-electron chi connectivity index (χ4n) is 2.19. The third-order valence-electron chi connectivity index (χ3n) is 3.38. The first-order valence-corrected chi connectivity index (χ1v) is 7.28. The number of nitrogens with one attached hydrogen (secondary N) is 1. The lowest BCUT2D eigenvalue weighted by Crippen LogP contribution is -2.36. The van der Waals surface area contributed by atoms with Gasteiger partial charge in [-0.25, -0.2) is 0 Å². The monoisotopic (exact) mass is 302 g/mol. The highest BCUT2D eigenvalue weighted by Crippen LogP contribution is 2.22. The number of amides is 1. The molecular weight excluding hydrogens is 280 g/mol. The molecule has 5 nitrogen and oxygen atoms in total. The van der Waals surface area contributed by atoms with E-state index in [0.29, 0.717) is 17.9 Å². The number of carbonyl (C=O) groups excluding carboxylic acids is 1. The first kappa shape index (κ1) is 16.1. The Morgan fingerprint density at radius 2 is 2.05 bits per heavy atom. The number of carbonyl (C=O) groups is 1. The molecule has 0 radical (unpaired) electrons. The van der Waals surface area contributed by atoms with Crippen molar-refractivity contribution in [3.63, 3.8) is 0 Å². The van der Waals surface area contributed by atoms with Gasteiger partial charge in [-0.3, -0.25) is 4.79 Å². The van der Waals surface area contributed by atoms with E-state index in [1.54, 1.807) is 6.07 Å². The van der Waals surface area contributed by atoms with Crippen molar-refractivity contribution in [3.8, 4) is 5.75 Å². The van der Waals surface area contributed by atoms with Gasteiger partial charge in [0.15, 0.2) is 0 Å². The van der Waals surface area contributed by atoms with E-state index in [-0.39, 0.29) is 18.5 Å². The fraction of sp³-hybridized carbons (Fsp3) is 0.353. The maximum Gasteiger partial charge on any atom is 0.254 e. The standard InChI is InChI=1S/C17H22N2O3/c1-11-5-4-6-12(2)16(11)22-9-13(3)19-17(20)14-7-15(8-18)21-10-14/h4-7,10,13H,8-9,18H2,1-3H3,(H,19,20). The van der Waals surface area contributed by atoms with Gasteiger partial charge in [0.25, 0.3) is 5.91 Å². The van der Waals surface area contributed by atoms with E-state index in [2.05, 4.69) is 5.32 Å². The van der Waals surface area contributed by atoms with E-state index in [0.717, 1.165) is 16.9 Å². The number of ether oxygens (including phenoxy) is 1. The summed E-state index contributed by atoms with van der Waals surface area (Å²) in [6.45, 7) is 6.59. The van der Waals surface area contributed by atoms with Gasteiger partial charge in [-0.15, -0.1) is 0 Å². The lowest BCUT2D eigenvalue weighted by atomic mass is 10.1. The van der Waals surface area contributed by atoms with Crippen LogP contribution in [-0.4, -0.2) is 18.6 Å². The molecule has 22 heavy (non-hydrogen) atoms. The predicted molar refractivity (Wildman–Crippen MR) is 84.9 cm³/mol. The van der Waals surface area contributed by atoms with Crippen molar-refractivity contribution in [1.82, 2.24) is 5.32 Å². The van der Waals surface area contributed by atoms with Crippen molar-refractivity contribution < 1.29 is 13.9 Å². The average molecular weight is 302 g/mol. The third kappa shape index (κ3) is 3.89. The van der Waals surface area contributed by atoms with Gasteiger partial charge in [0.2, 0.25) is 0 Å². The summed E-state index contributed by atoms with van der Waals surface area (Å²) in [5, 5.41) is 2.88. The van der Waals surface area contributed by atoms with Crippen LogP contribution in [0, 0.1) is 13.8 Å². The Bertz CT molecular complexity index is 629. The molecule has 0 bridgehead atoms. The lowest BCUT2D eigenvalue weighted by Gasteiger charge is -2.17. The topological polar surface area (TPSA) is 77.5 Å². The van der Waals surface area contributed by atoms with Gasteiger partial charge in [0, 0.05) is 0 Å². The molecule has 2 rings (SSSR count). The van der Waals surface area contributed by atoms with E-state index in [1.165, 1.54) is 6.26 Å². The highest BCUT2D eigenvalue weighted by Gasteiger charge is 2.13. The molecule has 1 atom stereocenters. The second-order valence-electron chi connectivity index (χ2n) is 5.41. The summed E-state index contributed by atoms with van der Waals surface area (Å²) >= 11 is 0. The van der Waals surface area contributed by atoms with Crippen molar-refractivity contribution in [2.45, 2.75) is 33.4 Å². The van der Waals surface area contributed by atoms with Gasteiger partial charge >= 0.3 is 0 Å². The molecule has 0 saturated heterocycles. The van der Waals surface area contributed by atoms with E-state index in [9.17, 15) is 4.79 Å². The molecule has 5 heteroatoms. The van der Waals surface area contributed by atoms with Crippen LogP contribution in [-0.2, 0) is 6.54 Å². The van der Waals surface area contributed by atoms with Crippen LogP contribution < -0.4 is 15.8 Å². The Morgan fingerprint density at radius 1 is 1.36 bits per heavy atom. The molecule has 3 N–H and O–H groups in total. The van der Waals surface area contributed by atoms with Crippen molar-refractivity contribution >= 4 is 5.91 Å². The number of para-hydroxylation sites is 1. The zero-order valence-electron chi connectivity index (χ0n) is 13.2. The van der Waals surface area contributed by atoms with E-state index < -0.39 is 0 Å². The molecule has 0 aliphatic heterocycles. The molecule has 1 heterocycles. The minimum Gasteiger partial charge on any atom is -0.491 e. The first-order chi connectivity index (χ1) is 10.5. The highest BCUT2D eigenvalue weighted by molar-refractivity contribution is 5.94. The predicted octanol–water partition coefficient (Wildman–Crippen LogP) is 2.55. The Balaban J connectivity index is 1.90. The third-order valence-corrected chi connectivity index (χ3v) is 3.38. The quantitative estimate of drug-likeness (QED) is 0.859. The van der Waals surface area contributed by atoms with Crippen molar-refractivity contribution in [2.24, 2.45) is 5.73 Å². The number of nitrogens with two attached hydrogens (primary N) is 1. The fourth-order valence-corrected chi connectivity index (χ4v) is 2.19. The van der Waals surface area contributed by atoms with Crippen molar-refractivity contribution in [2.75, 3.05) is 6.61 Å². The van der Waals surface area contributed by atoms with E-state index in [4.69, 9.17) is 14.9 Å². The average Bonchev–Trinajstić information content (AvgIpc) is 2.95. The molecule has 1 amide bonds. The molecule has 0 saturated carbocycles. The van der Waals surface area contributed by atoms with Crippen molar-refractivity contribution in [3.05, 3.63) is 53.0 Å². The Labute approximate surface area is 130 Å². The summed E-state index contributed by atoms with van der Waals surface area (Å²) in [6, 6.07) is 7.53. The SMILES string of the molecule is Cc1cccc(C)c1OCC(C)NC(=O)c1coc(CN)c1. The van der Waals surface area contributed by atoms with E-state index >= 15 is 0 Å². The summed E-state index contributed by atoms with van der Waals surface area (Å²) in [5.74, 6) is 1.27. The Hall–Kier alpha value is -2.27. The lowest BCUT2D eigenvalue weighted by molar-refractivity contribution is 0.0926. The number of hydrogen-bond donors (Lipinski definition) is 2. The van der Waals surface area contributed by atoms with Crippen LogP contribution in [0.25, 0.3) is 0 Å². The molecule has 118 valence electrons. The summed E-state index contributed by atoms with van der Waals surface area (Å²) in [7, 11) is 0. The van der Waals surface area contributed by atoms with Crippen LogP contribution in [0.5, 0.6) is 5.75 Å². The molecule has 1 aromatic heterocycles. The van der Waals surface area contributed by atoms with Gasteiger partial charge < -0.3 is 20.2 Å². The first-order valence-electron chi connectivity index (χ1n) is 7.28. The smallest absolute Gasteiger partial charge is 0.254 e. The molecule has 1 unspecified atom stereocenters. The van der Waals surface area contributed by atoms with Crippen LogP contribution in [0.1, 0.15) is 34.2 Å². The largest absolute Gasteiger partial charge is 0.491 e. The number of furan rings is 1. The summed E-state index contributed by atoms with van der Waals surface area (Å²) in [4.78, 5) is 12.1. The van der Waals surface area contributed by atoms with E-state index in [1.807, 2.05) is 39.0 Å². The summed E-state index contributed by atoms with van der Waals surface area (Å²) < 4.78 is 11.0. The van der Waals surface area contributed by atoms with Crippen LogP contribution in [0.15, 0.2) is 34.9 Å². The zero-order chi connectivity index (χ0) is 16.1. The van der Waals surface area contributed by atoms with Crippen LogP contribution in [0.2, 0.25) is 0 Å². The van der Waals surface area contributed by atoms with Crippen LogP contribution in [0.4, 0.5) is 0 Å². The van der Waals surface area contributed by atoms with Gasteiger partial charge in [-0.2, -0.15) is 0 Å². The minimum atomic E-state index is -0.193. The second kappa shape index (κ2) is 7.13. The Morgan fingerprint density at radius 3 is 2.64 bits per heavy atom. The summed E-state index contributed by atoms with van der Waals surface area (Å²) in [6.07, 6.45) is 1.41. The second-order valence-corrected chi connectivity index (χ2v) is 5.41. The molecule has 0 fully saturated rings. The highest BCUT2D eigenvalue weighted by atomic mass is 16.5. The molecule has 0 aliphatic rings. The number of benzene rings is 1. The minimum absolute atomic E-state index is 0.122. The normalized spacial score (nSPS) is 12.0. The Kier molecular flexibility index (Phi) is 5.22. The van der Waals surface area contributed by atoms with Crippen molar-refractivity contribution in [1.29, 1.82) is 0 Å². The van der Waals surface area contributed by atoms with Gasteiger partial charge in [-0.05, 0) is 38.0 Å². The number of hydrogen-bond acceptors (Lipinski definition) is 4. The molecule has 1 aromatic carbocycles. The van der Waals surface area contributed by atoms with Crippen LogP contribution in [0.3, 0.4) is 0 Å². The van der Waals surface area contributed by atoms with Gasteiger partial charge in [0.1, 0.15) is 24.4 Å².